The van der Waals surface area contributed by atoms with Crippen LogP contribution in [0, 0.1) is 23.5 Å². The lowest BCUT2D eigenvalue weighted by Gasteiger charge is -2.41. The van der Waals surface area contributed by atoms with Crippen molar-refractivity contribution in [2.45, 2.75) is 45.1 Å². The SMILES string of the molecule is CC(C)NC(=O)c1c(F)cc(N2CC(CCC3CC3c3ccccc3)C2)cc1F. The molecule has 0 spiro atoms. The predicted octanol–water partition coefficient (Wildman–Crippen LogP) is 5.12. The van der Waals surface area contributed by atoms with Gasteiger partial charge in [0, 0.05) is 24.8 Å². The maximum atomic E-state index is 14.4. The molecule has 2 aromatic rings. The number of hydrogen-bond donors (Lipinski definition) is 1. The van der Waals surface area contributed by atoms with Gasteiger partial charge in [-0.1, -0.05) is 30.3 Å². The third-order valence-electron chi connectivity index (χ3n) is 6.09. The number of nitrogens with one attached hydrogen (secondary N) is 1. The van der Waals surface area contributed by atoms with E-state index in [1.807, 2.05) is 4.90 Å². The van der Waals surface area contributed by atoms with Crippen LogP contribution in [0.15, 0.2) is 42.5 Å². The summed E-state index contributed by atoms with van der Waals surface area (Å²) < 4.78 is 28.7. The number of carbonyl (C=O) groups excluding carboxylic acids is 1. The molecule has 0 aromatic heterocycles. The molecule has 1 aliphatic heterocycles. The number of carbonyl (C=O) groups is 1. The standard InChI is InChI=1S/C24H28F2N2O/c1-15(2)27-24(29)23-21(25)11-19(12-22(23)26)28-13-16(14-28)8-9-18-10-20(18)17-6-4-3-5-7-17/h3-7,11-12,15-16,18,20H,8-10,13-14H2,1-2H3,(H,27,29). The molecule has 1 amide bonds. The maximum Gasteiger partial charge on any atom is 0.257 e. The summed E-state index contributed by atoms with van der Waals surface area (Å²) >= 11 is 0. The number of hydrogen-bond acceptors (Lipinski definition) is 2. The summed E-state index contributed by atoms with van der Waals surface area (Å²) in [6, 6.07) is 13.1. The van der Waals surface area contributed by atoms with Crippen molar-refractivity contribution in [3.8, 4) is 0 Å². The van der Waals surface area contributed by atoms with Crippen molar-refractivity contribution in [3.63, 3.8) is 0 Å². The molecule has 1 saturated carbocycles. The summed E-state index contributed by atoms with van der Waals surface area (Å²) in [5, 5.41) is 2.54. The van der Waals surface area contributed by atoms with Crippen molar-refractivity contribution in [3.05, 3.63) is 65.2 Å². The highest BCUT2D eigenvalue weighted by molar-refractivity contribution is 5.95. The maximum absolute atomic E-state index is 14.4. The van der Waals surface area contributed by atoms with E-state index in [0.29, 0.717) is 17.5 Å². The Morgan fingerprint density at radius 3 is 2.38 bits per heavy atom. The average molecular weight is 398 g/mol. The first-order valence-electron chi connectivity index (χ1n) is 10.5. The highest BCUT2D eigenvalue weighted by Gasteiger charge is 2.39. The number of halogens is 2. The molecule has 1 aliphatic carbocycles. The zero-order chi connectivity index (χ0) is 20.5. The summed E-state index contributed by atoms with van der Waals surface area (Å²) in [4.78, 5) is 14.0. The quantitative estimate of drug-likeness (QED) is 0.702. The zero-order valence-electron chi connectivity index (χ0n) is 17.0. The molecule has 1 saturated heterocycles. The summed E-state index contributed by atoms with van der Waals surface area (Å²) in [6.45, 7) is 5.15. The minimum absolute atomic E-state index is 0.176. The molecule has 2 aromatic carbocycles. The van der Waals surface area contributed by atoms with E-state index in [1.165, 1.54) is 30.5 Å². The van der Waals surface area contributed by atoms with E-state index in [9.17, 15) is 13.6 Å². The monoisotopic (exact) mass is 398 g/mol. The van der Waals surface area contributed by atoms with Crippen LogP contribution in [0.2, 0.25) is 0 Å². The van der Waals surface area contributed by atoms with Crippen molar-refractivity contribution < 1.29 is 13.6 Å². The van der Waals surface area contributed by atoms with Gasteiger partial charge in [-0.15, -0.1) is 0 Å². The van der Waals surface area contributed by atoms with Gasteiger partial charge in [0.15, 0.2) is 0 Å². The van der Waals surface area contributed by atoms with Crippen LogP contribution in [0.3, 0.4) is 0 Å². The molecule has 5 heteroatoms. The molecular formula is C24H28F2N2O. The summed E-state index contributed by atoms with van der Waals surface area (Å²) in [5.41, 5.74) is 1.46. The van der Waals surface area contributed by atoms with Gasteiger partial charge in [0.05, 0.1) is 0 Å². The van der Waals surface area contributed by atoms with Gasteiger partial charge in [0.25, 0.3) is 5.91 Å². The van der Waals surface area contributed by atoms with Crippen LogP contribution in [0.4, 0.5) is 14.5 Å². The number of rotatable bonds is 7. The highest BCUT2D eigenvalue weighted by Crippen LogP contribution is 2.50. The van der Waals surface area contributed by atoms with E-state index in [-0.39, 0.29) is 6.04 Å². The van der Waals surface area contributed by atoms with Gasteiger partial charge in [-0.3, -0.25) is 4.79 Å². The second kappa shape index (κ2) is 8.13. The fourth-order valence-corrected chi connectivity index (χ4v) is 4.38. The molecule has 3 nitrogen and oxygen atoms in total. The van der Waals surface area contributed by atoms with Gasteiger partial charge in [-0.05, 0) is 68.6 Å². The smallest absolute Gasteiger partial charge is 0.257 e. The van der Waals surface area contributed by atoms with Crippen molar-refractivity contribution in [1.29, 1.82) is 0 Å². The molecule has 2 aliphatic rings. The van der Waals surface area contributed by atoms with E-state index < -0.39 is 23.1 Å². The number of amides is 1. The topological polar surface area (TPSA) is 32.3 Å². The molecular weight excluding hydrogens is 370 g/mol. The Kier molecular flexibility index (Phi) is 5.57. The molecule has 2 unspecified atom stereocenters. The fraction of sp³-hybridized carbons (Fsp3) is 0.458. The molecule has 4 rings (SSSR count). The van der Waals surface area contributed by atoms with Crippen LogP contribution in [0.5, 0.6) is 0 Å². The molecule has 29 heavy (non-hydrogen) atoms. The van der Waals surface area contributed by atoms with E-state index >= 15 is 0 Å². The van der Waals surface area contributed by atoms with Gasteiger partial charge in [-0.2, -0.15) is 0 Å². The lowest BCUT2D eigenvalue weighted by Crippen LogP contribution is -2.47. The Morgan fingerprint density at radius 1 is 1.10 bits per heavy atom. The molecule has 0 radical (unpaired) electrons. The first-order valence-corrected chi connectivity index (χ1v) is 10.5. The second-order valence-corrected chi connectivity index (χ2v) is 8.77. The van der Waals surface area contributed by atoms with E-state index in [2.05, 4.69) is 35.6 Å². The van der Waals surface area contributed by atoms with Crippen molar-refractivity contribution in [1.82, 2.24) is 5.32 Å². The van der Waals surface area contributed by atoms with Crippen LogP contribution >= 0.6 is 0 Å². The van der Waals surface area contributed by atoms with Crippen LogP contribution in [0.25, 0.3) is 0 Å². The van der Waals surface area contributed by atoms with Crippen LogP contribution < -0.4 is 10.2 Å². The molecule has 154 valence electrons. The average Bonchev–Trinajstić information content (AvgIpc) is 3.39. The highest BCUT2D eigenvalue weighted by atomic mass is 19.1. The van der Waals surface area contributed by atoms with Gasteiger partial charge in [0.2, 0.25) is 0 Å². The number of anilines is 1. The summed E-state index contributed by atoms with van der Waals surface area (Å²) in [6.07, 6.45) is 3.65. The normalized spacial score (nSPS) is 21.2. The van der Waals surface area contributed by atoms with Crippen molar-refractivity contribution in [2.75, 3.05) is 18.0 Å². The molecule has 2 fully saturated rings. The summed E-state index contributed by atoms with van der Waals surface area (Å²) in [5.74, 6) is -0.252. The predicted molar refractivity (Wildman–Crippen MR) is 111 cm³/mol. The van der Waals surface area contributed by atoms with Crippen LogP contribution in [-0.4, -0.2) is 25.0 Å². The van der Waals surface area contributed by atoms with Gasteiger partial charge >= 0.3 is 0 Å². The van der Waals surface area contributed by atoms with Crippen LogP contribution in [0.1, 0.15) is 54.9 Å². The largest absolute Gasteiger partial charge is 0.371 e. The van der Waals surface area contributed by atoms with Gasteiger partial charge in [-0.25, -0.2) is 8.78 Å². The number of nitrogens with zero attached hydrogens (tertiary/aromatic N) is 1. The third-order valence-corrected chi connectivity index (χ3v) is 6.09. The Hall–Kier alpha value is -2.43. The minimum atomic E-state index is -0.801. The van der Waals surface area contributed by atoms with Gasteiger partial charge < -0.3 is 10.2 Å². The van der Waals surface area contributed by atoms with E-state index in [4.69, 9.17) is 0 Å². The first kappa shape index (κ1) is 19.9. The Morgan fingerprint density at radius 2 is 1.76 bits per heavy atom. The van der Waals surface area contributed by atoms with E-state index in [0.717, 1.165) is 25.4 Å². The Labute approximate surface area is 171 Å². The van der Waals surface area contributed by atoms with Gasteiger partial charge in [0.1, 0.15) is 17.2 Å². The lowest BCUT2D eigenvalue weighted by atomic mass is 9.92. The third kappa shape index (κ3) is 4.44. The lowest BCUT2D eigenvalue weighted by molar-refractivity contribution is 0.0934. The zero-order valence-corrected chi connectivity index (χ0v) is 17.0. The molecule has 2 atom stereocenters. The molecule has 1 N–H and O–H groups in total. The second-order valence-electron chi connectivity index (χ2n) is 8.77. The van der Waals surface area contributed by atoms with Crippen LogP contribution in [-0.2, 0) is 0 Å². The summed E-state index contributed by atoms with van der Waals surface area (Å²) in [7, 11) is 0. The number of benzene rings is 2. The Balaban J connectivity index is 1.27. The first-order chi connectivity index (χ1) is 13.9. The Bertz CT molecular complexity index is 855. The van der Waals surface area contributed by atoms with Crippen molar-refractivity contribution >= 4 is 11.6 Å². The fourth-order valence-electron chi connectivity index (χ4n) is 4.38. The van der Waals surface area contributed by atoms with E-state index in [1.54, 1.807) is 13.8 Å². The van der Waals surface area contributed by atoms with Crippen molar-refractivity contribution in [2.24, 2.45) is 11.8 Å². The minimum Gasteiger partial charge on any atom is -0.371 e. The molecule has 1 heterocycles. The molecule has 0 bridgehead atoms.